The summed E-state index contributed by atoms with van der Waals surface area (Å²) in [7, 11) is 0. The molecule has 0 spiro atoms. The van der Waals surface area contributed by atoms with Gasteiger partial charge in [0.15, 0.2) is 0 Å². The van der Waals surface area contributed by atoms with E-state index < -0.39 is 0 Å². The fourth-order valence-electron chi connectivity index (χ4n) is 1.28. The quantitative estimate of drug-likeness (QED) is 0.465. The molecule has 0 saturated carbocycles. The highest BCUT2D eigenvalue weighted by Gasteiger charge is 2.00. The summed E-state index contributed by atoms with van der Waals surface area (Å²) in [5, 5.41) is 0. The fourth-order valence-corrected chi connectivity index (χ4v) is 2.47. The van der Waals surface area contributed by atoms with Gasteiger partial charge in [0.05, 0.1) is 6.61 Å². The third-order valence-electron chi connectivity index (χ3n) is 2.30. The van der Waals surface area contributed by atoms with Gasteiger partial charge in [0.1, 0.15) is 0 Å². The highest BCUT2D eigenvalue weighted by atomic mass is 79.9. The number of anilines is 1. The number of nitrogen functional groups attached to an aromatic ring is 1. The number of nitrogens with two attached hydrogens (primary N) is 1. The van der Waals surface area contributed by atoms with Gasteiger partial charge in [0.25, 0.3) is 0 Å². The lowest BCUT2D eigenvalue weighted by Crippen LogP contribution is -2.02. The average molecular weight is 318 g/mol. The molecule has 1 aromatic rings. The Balaban J connectivity index is 2.18. The smallest absolute Gasteiger partial charge is 0.0560 e. The molecule has 0 aromatic heterocycles. The molecule has 1 aromatic carbocycles. The first kappa shape index (κ1) is 14.9. The van der Waals surface area contributed by atoms with E-state index in [9.17, 15) is 0 Å². The van der Waals surface area contributed by atoms with E-state index in [1.54, 1.807) is 11.8 Å². The van der Waals surface area contributed by atoms with Crippen LogP contribution in [-0.2, 0) is 4.74 Å². The van der Waals surface area contributed by atoms with Crippen molar-refractivity contribution in [2.75, 3.05) is 24.7 Å². The standard InChI is InChI=1S/C13H20BrNOS/c1-10(2)5-6-16-7-8-17-13-4-3-11(14)9-12(13)15/h3-4,9-10H,5-8,15H2,1-2H3. The zero-order chi connectivity index (χ0) is 12.7. The Kier molecular flexibility index (Phi) is 7.00. The van der Waals surface area contributed by atoms with Crippen LogP contribution in [0.15, 0.2) is 27.6 Å². The molecule has 0 aliphatic carbocycles. The van der Waals surface area contributed by atoms with E-state index in [0.29, 0.717) is 5.92 Å². The van der Waals surface area contributed by atoms with Crippen molar-refractivity contribution in [1.82, 2.24) is 0 Å². The molecule has 0 bridgehead atoms. The number of halogens is 1. The van der Waals surface area contributed by atoms with Crippen LogP contribution >= 0.6 is 27.7 Å². The second kappa shape index (κ2) is 8.01. The molecule has 4 heteroatoms. The maximum absolute atomic E-state index is 5.91. The lowest BCUT2D eigenvalue weighted by atomic mass is 10.1. The Morgan fingerprint density at radius 1 is 1.35 bits per heavy atom. The number of rotatable bonds is 7. The molecule has 0 unspecified atom stereocenters. The summed E-state index contributed by atoms with van der Waals surface area (Å²) >= 11 is 5.14. The first-order valence-corrected chi connectivity index (χ1v) is 7.63. The van der Waals surface area contributed by atoms with Crippen molar-refractivity contribution in [3.05, 3.63) is 22.7 Å². The molecule has 0 fully saturated rings. The molecule has 0 aliphatic heterocycles. The molecule has 96 valence electrons. The summed E-state index contributed by atoms with van der Waals surface area (Å²) in [6.45, 7) is 6.06. The molecule has 0 heterocycles. The topological polar surface area (TPSA) is 35.2 Å². The van der Waals surface area contributed by atoms with Crippen LogP contribution in [0.2, 0.25) is 0 Å². The van der Waals surface area contributed by atoms with Crippen LogP contribution < -0.4 is 5.73 Å². The minimum Gasteiger partial charge on any atom is -0.398 e. The first-order chi connectivity index (χ1) is 8.09. The highest BCUT2D eigenvalue weighted by Crippen LogP contribution is 2.27. The van der Waals surface area contributed by atoms with Gasteiger partial charge in [-0.15, -0.1) is 11.8 Å². The van der Waals surface area contributed by atoms with Gasteiger partial charge < -0.3 is 10.5 Å². The van der Waals surface area contributed by atoms with E-state index in [-0.39, 0.29) is 0 Å². The third-order valence-corrected chi connectivity index (χ3v) is 3.84. The Labute approximate surface area is 116 Å². The van der Waals surface area contributed by atoms with Gasteiger partial charge in [0, 0.05) is 27.4 Å². The lowest BCUT2D eigenvalue weighted by Gasteiger charge is -2.07. The minimum atomic E-state index is 0.713. The van der Waals surface area contributed by atoms with Crippen molar-refractivity contribution in [3.63, 3.8) is 0 Å². The summed E-state index contributed by atoms with van der Waals surface area (Å²) in [4.78, 5) is 1.13. The minimum absolute atomic E-state index is 0.713. The van der Waals surface area contributed by atoms with E-state index in [1.807, 2.05) is 18.2 Å². The van der Waals surface area contributed by atoms with Crippen LogP contribution in [0, 0.1) is 5.92 Å². The van der Waals surface area contributed by atoms with Crippen LogP contribution in [0.25, 0.3) is 0 Å². The second-order valence-corrected chi connectivity index (χ2v) is 6.38. The molecular weight excluding hydrogens is 298 g/mol. The van der Waals surface area contributed by atoms with Crippen molar-refractivity contribution >= 4 is 33.4 Å². The average Bonchev–Trinajstić information content (AvgIpc) is 2.25. The Morgan fingerprint density at radius 3 is 2.76 bits per heavy atom. The SMILES string of the molecule is CC(C)CCOCCSc1ccc(Br)cc1N. The molecule has 0 aliphatic rings. The molecule has 0 saturated heterocycles. The molecule has 0 amide bonds. The van der Waals surface area contributed by atoms with Gasteiger partial charge in [-0.05, 0) is 30.5 Å². The summed E-state index contributed by atoms with van der Waals surface area (Å²) < 4.78 is 6.58. The van der Waals surface area contributed by atoms with Crippen LogP contribution in [0.3, 0.4) is 0 Å². The first-order valence-electron chi connectivity index (χ1n) is 5.85. The number of ether oxygens (including phenoxy) is 1. The van der Waals surface area contributed by atoms with Gasteiger partial charge in [-0.3, -0.25) is 0 Å². The molecule has 0 atom stereocenters. The van der Waals surface area contributed by atoms with Gasteiger partial charge in [-0.1, -0.05) is 29.8 Å². The maximum Gasteiger partial charge on any atom is 0.0560 e. The van der Waals surface area contributed by atoms with E-state index in [4.69, 9.17) is 10.5 Å². The van der Waals surface area contributed by atoms with Crippen LogP contribution in [0.5, 0.6) is 0 Å². The number of hydrogen-bond donors (Lipinski definition) is 1. The van der Waals surface area contributed by atoms with Crippen molar-refractivity contribution in [1.29, 1.82) is 0 Å². The van der Waals surface area contributed by atoms with Crippen molar-refractivity contribution in [3.8, 4) is 0 Å². The molecule has 17 heavy (non-hydrogen) atoms. The van der Waals surface area contributed by atoms with Gasteiger partial charge in [-0.25, -0.2) is 0 Å². The zero-order valence-corrected chi connectivity index (χ0v) is 12.8. The largest absolute Gasteiger partial charge is 0.398 e. The van der Waals surface area contributed by atoms with E-state index >= 15 is 0 Å². The Morgan fingerprint density at radius 2 is 2.12 bits per heavy atom. The van der Waals surface area contributed by atoms with Crippen LogP contribution in [0.1, 0.15) is 20.3 Å². The monoisotopic (exact) mass is 317 g/mol. The van der Waals surface area contributed by atoms with Crippen molar-refractivity contribution < 1.29 is 4.74 Å². The molecule has 0 radical (unpaired) electrons. The number of hydrogen-bond acceptors (Lipinski definition) is 3. The summed E-state index contributed by atoms with van der Waals surface area (Å²) in [6, 6.07) is 5.98. The fraction of sp³-hybridized carbons (Fsp3) is 0.538. The number of benzene rings is 1. The van der Waals surface area contributed by atoms with E-state index in [0.717, 1.165) is 40.4 Å². The number of thioether (sulfide) groups is 1. The zero-order valence-electron chi connectivity index (χ0n) is 10.4. The van der Waals surface area contributed by atoms with Crippen LogP contribution in [-0.4, -0.2) is 19.0 Å². The second-order valence-electron chi connectivity index (χ2n) is 4.33. The maximum atomic E-state index is 5.91. The summed E-state index contributed by atoms with van der Waals surface area (Å²) in [5.74, 6) is 1.66. The molecular formula is C13H20BrNOS. The van der Waals surface area contributed by atoms with E-state index in [1.165, 1.54) is 0 Å². The highest BCUT2D eigenvalue weighted by molar-refractivity contribution is 9.10. The third kappa shape index (κ3) is 6.34. The van der Waals surface area contributed by atoms with Crippen LogP contribution in [0.4, 0.5) is 5.69 Å². The Bertz CT molecular complexity index is 344. The van der Waals surface area contributed by atoms with Crippen molar-refractivity contribution in [2.45, 2.75) is 25.2 Å². The normalized spacial score (nSPS) is 11.1. The van der Waals surface area contributed by atoms with Crippen molar-refractivity contribution in [2.24, 2.45) is 5.92 Å². The van der Waals surface area contributed by atoms with Gasteiger partial charge >= 0.3 is 0 Å². The molecule has 2 nitrogen and oxygen atoms in total. The Hall–Kier alpha value is -0.190. The van der Waals surface area contributed by atoms with Gasteiger partial charge in [0.2, 0.25) is 0 Å². The lowest BCUT2D eigenvalue weighted by molar-refractivity contribution is 0.138. The molecule has 2 N–H and O–H groups in total. The molecule has 1 rings (SSSR count). The van der Waals surface area contributed by atoms with Gasteiger partial charge in [-0.2, -0.15) is 0 Å². The van der Waals surface area contributed by atoms with E-state index in [2.05, 4.69) is 29.8 Å². The predicted molar refractivity (Wildman–Crippen MR) is 79.6 cm³/mol. The summed E-state index contributed by atoms with van der Waals surface area (Å²) in [5.41, 5.74) is 6.74. The predicted octanol–water partition coefficient (Wildman–Crippen LogP) is 4.19. The summed E-state index contributed by atoms with van der Waals surface area (Å²) in [6.07, 6.45) is 1.13.